The number of hydrogen-bond donors (Lipinski definition) is 0. The first kappa shape index (κ1) is 8.22. The molecule has 0 atom stereocenters. The minimum atomic E-state index is 1.11. The van der Waals surface area contributed by atoms with Gasteiger partial charge in [0.25, 0.3) is 0 Å². The maximum atomic E-state index is 3.63. The van der Waals surface area contributed by atoms with Crippen LogP contribution in [0, 0.1) is 0 Å². The van der Waals surface area contributed by atoms with Gasteiger partial charge in [-0.15, -0.1) is 6.58 Å². The van der Waals surface area contributed by atoms with Gasteiger partial charge in [-0.3, -0.25) is 0 Å². The molecule has 0 rings (SSSR count). The van der Waals surface area contributed by atoms with Crippen LogP contribution in [-0.4, -0.2) is 0 Å². The molecular weight excluding hydrogens is 108 g/mol. The van der Waals surface area contributed by atoms with Crippen LogP contribution in [0.2, 0.25) is 0 Å². The van der Waals surface area contributed by atoms with Crippen LogP contribution in [0.5, 0.6) is 0 Å². The van der Waals surface area contributed by atoms with Gasteiger partial charge in [-0.05, 0) is 19.3 Å². The summed E-state index contributed by atoms with van der Waals surface area (Å²) in [7, 11) is 0. The van der Waals surface area contributed by atoms with Crippen LogP contribution in [0.3, 0.4) is 0 Å². The van der Waals surface area contributed by atoms with E-state index >= 15 is 0 Å². The Hall–Kier alpha value is -0.780. The van der Waals surface area contributed by atoms with Gasteiger partial charge in [0.2, 0.25) is 0 Å². The second kappa shape index (κ2) is 7.22. The summed E-state index contributed by atoms with van der Waals surface area (Å²) in [6.07, 6.45) is 11.3. The van der Waals surface area contributed by atoms with Gasteiger partial charge in [-0.1, -0.05) is 30.9 Å². The molecule has 0 fully saturated rings. The van der Waals surface area contributed by atoms with Crippen molar-refractivity contribution in [2.75, 3.05) is 0 Å². The zero-order valence-corrected chi connectivity index (χ0v) is 5.84. The van der Waals surface area contributed by atoms with Gasteiger partial charge in [0.15, 0.2) is 0 Å². The fraction of sp³-hybridized carbons (Fsp3) is 0.333. The molecule has 0 nitrogen and oxygen atoms in total. The lowest BCUT2D eigenvalue weighted by molar-refractivity contribution is 0.870. The molecule has 0 aliphatic carbocycles. The minimum absolute atomic E-state index is 1.11. The lowest BCUT2D eigenvalue weighted by atomic mass is 10.2. The second-order valence-electron chi connectivity index (χ2n) is 1.88. The van der Waals surface area contributed by atoms with E-state index in [-0.39, 0.29) is 0 Å². The highest BCUT2D eigenvalue weighted by Gasteiger charge is 1.76. The smallest absolute Gasteiger partial charge is 0.0345 e. The van der Waals surface area contributed by atoms with Gasteiger partial charge < -0.3 is 0 Å². The quantitative estimate of drug-likeness (QED) is 0.298. The molecule has 0 N–H and O–H groups in total. The Morgan fingerprint density at radius 3 is 2.44 bits per heavy atom. The fourth-order valence-electron chi connectivity index (χ4n) is 0.572. The molecule has 0 spiro atoms. The first-order chi connectivity index (χ1) is 4.41. The molecule has 0 heterocycles. The maximum absolute atomic E-state index is 3.63. The van der Waals surface area contributed by atoms with E-state index in [9.17, 15) is 0 Å². The summed E-state index contributed by atoms with van der Waals surface area (Å²) in [6, 6.07) is 0. The van der Waals surface area contributed by atoms with Gasteiger partial charge >= 0.3 is 0 Å². The highest BCUT2D eigenvalue weighted by molar-refractivity contribution is 4.96. The van der Waals surface area contributed by atoms with Gasteiger partial charge in [0, 0.05) is 0 Å². The summed E-state index contributed by atoms with van der Waals surface area (Å²) in [5, 5.41) is 0. The van der Waals surface area contributed by atoms with E-state index in [1.165, 1.54) is 6.42 Å². The summed E-state index contributed by atoms with van der Waals surface area (Å²) in [4.78, 5) is 0. The number of allylic oxidation sites excluding steroid dienone is 4. The summed E-state index contributed by atoms with van der Waals surface area (Å²) >= 11 is 0. The van der Waals surface area contributed by atoms with Crippen LogP contribution in [0.4, 0.5) is 0 Å². The molecule has 9 heavy (non-hydrogen) atoms. The SMILES string of the molecule is C=C/C=C\CCCC=C. The van der Waals surface area contributed by atoms with Crippen molar-refractivity contribution in [2.45, 2.75) is 19.3 Å². The molecule has 0 saturated heterocycles. The zero-order valence-electron chi connectivity index (χ0n) is 5.84. The first-order valence-electron chi connectivity index (χ1n) is 3.30. The predicted octanol–water partition coefficient (Wildman–Crippen LogP) is 3.08. The molecule has 50 valence electrons. The first-order valence-corrected chi connectivity index (χ1v) is 3.30. The highest BCUT2D eigenvalue weighted by Crippen LogP contribution is 1.95. The van der Waals surface area contributed by atoms with Crippen molar-refractivity contribution in [1.29, 1.82) is 0 Å². The van der Waals surface area contributed by atoms with E-state index in [1.54, 1.807) is 6.08 Å². The van der Waals surface area contributed by atoms with Crippen molar-refractivity contribution in [1.82, 2.24) is 0 Å². The topological polar surface area (TPSA) is 0 Å². The molecule has 0 saturated carbocycles. The van der Waals surface area contributed by atoms with Crippen molar-refractivity contribution in [3.05, 3.63) is 37.5 Å². The molecule has 0 aliphatic rings. The van der Waals surface area contributed by atoms with E-state index in [1.807, 2.05) is 12.2 Å². The van der Waals surface area contributed by atoms with Gasteiger partial charge in [0.05, 0.1) is 0 Å². The lowest BCUT2D eigenvalue weighted by Crippen LogP contribution is -1.66. The van der Waals surface area contributed by atoms with E-state index in [4.69, 9.17) is 0 Å². The molecule has 0 aromatic carbocycles. The van der Waals surface area contributed by atoms with Crippen LogP contribution in [0.1, 0.15) is 19.3 Å². The third-order valence-electron chi connectivity index (χ3n) is 1.05. The van der Waals surface area contributed by atoms with E-state index in [0.29, 0.717) is 0 Å². The molecule has 0 aromatic rings. The zero-order chi connectivity index (χ0) is 6.95. The Morgan fingerprint density at radius 2 is 1.89 bits per heavy atom. The Bertz CT molecular complexity index is 98.6. The third-order valence-corrected chi connectivity index (χ3v) is 1.05. The standard InChI is InChI=1S/C9H14/c1-3-5-7-9-8-6-4-2/h3-5,7H,1-2,6,8-9H2/b7-5-. The average Bonchev–Trinajstić information content (AvgIpc) is 1.89. The van der Waals surface area contributed by atoms with Gasteiger partial charge in [-0.25, -0.2) is 0 Å². The summed E-state index contributed by atoms with van der Waals surface area (Å²) < 4.78 is 0. The molecule has 0 amide bonds. The number of hydrogen-bond acceptors (Lipinski definition) is 0. The maximum Gasteiger partial charge on any atom is -0.0345 e. The Labute approximate surface area is 57.6 Å². The van der Waals surface area contributed by atoms with Crippen molar-refractivity contribution < 1.29 is 0 Å². The number of unbranched alkanes of at least 4 members (excludes halogenated alkanes) is 2. The van der Waals surface area contributed by atoms with Crippen molar-refractivity contribution in [3.63, 3.8) is 0 Å². The Kier molecular flexibility index (Phi) is 6.59. The normalized spacial score (nSPS) is 9.78. The molecule has 0 heteroatoms. The average molecular weight is 122 g/mol. The Balaban J connectivity index is 2.98. The fourth-order valence-corrected chi connectivity index (χ4v) is 0.572. The lowest BCUT2D eigenvalue weighted by Gasteiger charge is -1.86. The molecule has 0 radical (unpaired) electrons. The largest absolute Gasteiger partial charge is 0.103 e. The molecular formula is C9H14. The summed E-state index contributed by atoms with van der Waals surface area (Å²) in [5.41, 5.74) is 0. The highest BCUT2D eigenvalue weighted by atomic mass is 13.8. The van der Waals surface area contributed by atoms with Crippen LogP contribution in [0.25, 0.3) is 0 Å². The van der Waals surface area contributed by atoms with Crippen LogP contribution < -0.4 is 0 Å². The second-order valence-corrected chi connectivity index (χ2v) is 1.88. The predicted molar refractivity (Wildman–Crippen MR) is 43.4 cm³/mol. The van der Waals surface area contributed by atoms with Crippen molar-refractivity contribution >= 4 is 0 Å². The molecule has 0 aromatic heterocycles. The molecule has 0 aliphatic heterocycles. The summed E-state index contributed by atoms with van der Waals surface area (Å²) in [6.45, 7) is 7.21. The van der Waals surface area contributed by atoms with Crippen LogP contribution >= 0.6 is 0 Å². The van der Waals surface area contributed by atoms with Crippen LogP contribution in [0.15, 0.2) is 37.5 Å². The van der Waals surface area contributed by atoms with E-state index < -0.39 is 0 Å². The van der Waals surface area contributed by atoms with Gasteiger partial charge in [-0.2, -0.15) is 0 Å². The van der Waals surface area contributed by atoms with E-state index in [0.717, 1.165) is 12.8 Å². The molecule has 0 unspecified atom stereocenters. The Morgan fingerprint density at radius 1 is 1.11 bits per heavy atom. The van der Waals surface area contributed by atoms with Crippen molar-refractivity contribution in [3.8, 4) is 0 Å². The summed E-state index contributed by atoms with van der Waals surface area (Å²) in [5.74, 6) is 0. The minimum Gasteiger partial charge on any atom is -0.103 e. The molecule has 0 bridgehead atoms. The van der Waals surface area contributed by atoms with Crippen molar-refractivity contribution in [2.24, 2.45) is 0 Å². The van der Waals surface area contributed by atoms with Gasteiger partial charge in [0.1, 0.15) is 0 Å². The third kappa shape index (κ3) is 7.22. The number of rotatable bonds is 5. The van der Waals surface area contributed by atoms with E-state index in [2.05, 4.69) is 19.2 Å². The monoisotopic (exact) mass is 122 g/mol. The van der Waals surface area contributed by atoms with Crippen LogP contribution in [-0.2, 0) is 0 Å².